The van der Waals surface area contributed by atoms with E-state index in [0.717, 1.165) is 11.4 Å². The molecule has 1 atom stereocenters. The van der Waals surface area contributed by atoms with Gasteiger partial charge in [-0.05, 0) is 6.07 Å². The first-order chi connectivity index (χ1) is 7.13. The van der Waals surface area contributed by atoms with Crippen molar-refractivity contribution in [3.63, 3.8) is 0 Å². The number of hydrogen-bond acceptors (Lipinski definition) is 4. The van der Waals surface area contributed by atoms with Crippen LogP contribution >= 0.6 is 0 Å². The highest BCUT2D eigenvalue weighted by Crippen LogP contribution is 2.33. The van der Waals surface area contributed by atoms with E-state index in [4.69, 9.17) is 10.2 Å². The zero-order valence-electron chi connectivity index (χ0n) is 8.34. The van der Waals surface area contributed by atoms with E-state index in [1.807, 2.05) is 11.9 Å². The zero-order chi connectivity index (χ0) is 11.0. The molecule has 0 aliphatic carbocycles. The Morgan fingerprint density at radius 2 is 2.47 bits per heavy atom. The molecule has 0 saturated carbocycles. The molecule has 2 rings (SSSR count). The maximum Gasteiger partial charge on any atom is 0.337 e. The number of anilines is 1. The first-order valence-electron chi connectivity index (χ1n) is 4.68. The maximum atomic E-state index is 10.8. The Labute approximate surface area is 87.0 Å². The van der Waals surface area contributed by atoms with Crippen LogP contribution < -0.4 is 4.90 Å². The van der Waals surface area contributed by atoms with E-state index in [1.54, 1.807) is 6.07 Å². The SMILES string of the molecule is CN1CC(CO)c2cc(C(=O)O)cnc21. The number of aromatic nitrogens is 1. The van der Waals surface area contributed by atoms with Gasteiger partial charge in [0.15, 0.2) is 0 Å². The first kappa shape index (κ1) is 9.92. The molecule has 0 aromatic carbocycles. The first-order valence-corrected chi connectivity index (χ1v) is 4.68. The number of carboxylic acid groups (broad SMARTS) is 1. The summed E-state index contributed by atoms with van der Waals surface area (Å²) in [7, 11) is 1.88. The number of hydrogen-bond donors (Lipinski definition) is 2. The van der Waals surface area contributed by atoms with E-state index in [1.165, 1.54) is 6.20 Å². The van der Waals surface area contributed by atoms with Crippen molar-refractivity contribution < 1.29 is 15.0 Å². The third kappa shape index (κ3) is 1.55. The summed E-state index contributed by atoms with van der Waals surface area (Å²) in [5.41, 5.74) is 0.988. The fraction of sp³-hybridized carbons (Fsp3) is 0.400. The summed E-state index contributed by atoms with van der Waals surface area (Å²) in [6, 6.07) is 1.59. The lowest BCUT2D eigenvalue weighted by molar-refractivity contribution is 0.0696. The molecule has 15 heavy (non-hydrogen) atoms. The molecule has 0 bridgehead atoms. The summed E-state index contributed by atoms with van der Waals surface area (Å²) in [5.74, 6) is -0.257. The number of aromatic carboxylic acids is 1. The van der Waals surface area contributed by atoms with Crippen LogP contribution in [0.4, 0.5) is 5.82 Å². The van der Waals surface area contributed by atoms with Crippen LogP contribution in [0.25, 0.3) is 0 Å². The summed E-state index contributed by atoms with van der Waals surface area (Å²) in [6.07, 6.45) is 1.34. The molecule has 0 radical (unpaired) electrons. The van der Waals surface area contributed by atoms with Gasteiger partial charge < -0.3 is 15.1 Å². The number of likely N-dealkylation sites (N-methyl/N-ethyl adjacent to an activating group) is 1. The van der Waals surface area contributed by atoms with Gasteiger partial charge in [0.25, 0.3) is 0 Å². The third-order valence-corrected chi connectivity index (χ3v) is 2.66. The van der Waals surface area contributed by atoms with Gasteiger partial charge in [-0.1, -0.05) is 0 Å². The Bertz CT molecular complexity index is 406. The lowest BCUT2D eigenvalue weighted by Gasteiger charge is -2.10. The molecule has 1 aromatic rings. The van der Waals surface area contributed by atoms with E-state index in [2.05, 4.69) is 4.98 Å². The van der Waals surface area contributed by atoms with Gasteiger partial charge in [-0.3, -0.25) is 0 Å². The summed E-state index contributed by atoms with van der Waals surface area (Å²) in [5, 5.41) is 18.0. The molecule has 1 aromatic heterocycles. The van der Waals surface area contributed by atoms with Crippen LogP contribution in [0.3, 0.4) is 0 Å². The van der Waals surface area contributed by atoms with Crippen LogP contribution in [0.15, 0.2) is 12.3 Å². The molecule has 2 N–H and O–H groups in total. The number of nitrogens with zero attached hydrogens (tertiary/aromatic N) is 2. The zero-order valence-corrected chi connectivity index (χ0v) is 8.34. The minimum atomic E-state index is -0.989. The van der Waals surface area contributed by atoms with Crippen molar-refractivity contribution in [3.05, 3.63) is 23.4 Å². The van der Waals surface area contributed by atoms with Crippen molar-refractivity contribution in [2.24, 2.45) is 0 Å². The van der Waals surface area contributed by atoms with Crippen molar-refractivity contribution in [1.29, 1.82) is 0 Å². The van der Waals surface area contributed by atoms with E-state index in [9.17, 15) is 4.79 Å². The predicted octanol–water partition coefficient (Wildman–Crippen LogP) is 0.305. The van der Waals surface area contributed by atoms with Gasteiger partial charge in [-0.15, -0.1) is 0 Å². The fourth-order valence-corrected chi connectivity index (χ4v) is 1.88. The Kier molecular flexibility index (Phi) is 2.32. The van der Waals surface area contributed by atoms with Gasteiger partial charge in [0.2, 0.25) is 0 Å². The minimum absolute atomic E-state index is 0.0160. The van der Waals surface area contributed by atoms with E-state index in [0.29, 0.717) is 6.54 Å². The number of carbonyl (C=O) groups is 1. The number of aliphatic hydroxyl groups excluding tert-OH is 1. The molecule has 2 heterocycles. The molecule has 1 aliphatic heterocycles. The quantitative estimate of drug-likeness (QED) is 0.731. The number of aliphatic hydroxyl groups is 1. The Hall–Kier alpha value is -1.62. The predicted molar refractivity (Wildman–Crippen MR) is 54.3 cm³/mol. The molecule has 5 nitrogen and oxygen atoms in total. The number of fused-ring (bicyclic) bond motifs is 1. The lowest BCUT2D eigenvalue weighted by Crippen LogP contribution is -2.17. The molecule has 0 spiro atoms. The highest BCUT2D eigenvalue weighted by atomic mass is 16.4. The van der Waals surface area contributed by atoms with Gasteiger partial charge in [-0.25, -0.2) is 9.78 Å². The van der Waals surface area contributed by atoms with Crippen molar-refractivity contribution in [1.82, 2.24) is 4.98 Å². The highest BCUT2D eigenvalue weighted by molar-refractivity contribution is 5.88. The average Bonchev–Trinajstić information content (AvgIpc) is 2.55. The van der Waals surface area contributed by atoms with Crippen LogP contribution in [0, 0.1) is 0 Å². The van der Waals surface area contributed by atoms with Crippen molar-refractivity contribution in [2.45, 2.75) is 5.92 Å². The van der Waals surface area contributed by atoms with E-state index < -0.39 is 5.97 Å². The molecule has 1 aliphatic rings. The fourth-order valence-electron chi connectivity index (χ4n) is 1.88. The Morgan fingerprint density at radius 3 is 3.07 bits per heavy atom. The van der Waals surface area contributed by atoms with Crippen molar-refractivity contribution in [2.75, 3.05) is 25.1 Å². The van der Waals surface area contributed by atoms with Crippen molar-refractivity contribution in [3.8, 4) is 0 Å². The molecule has 0 saturated heterocycles. The Balaban J connectivity index is 2.47. The van der Waals surface area contributed by atoms with Gasteiger partial charge in [0.1, 0.15) is 5.82 Å². The molecule has 0 amide bonds. The molecule has 0 fully saturated rings. The molecular formula is C10H12N2O3. The number of carboxylic acids is 1. The third-order valence-electron chi connectivity index (χ3n) is 2.66. The van der Waals surface area contributed by atoms with Gasteiger partial charge >= 0.3 is 5.97 Å². The van der Waals surface area contributed by atoms with Crippen LogP contribution in [0.1, 0.15) is 21.8 Å². The topological polar surface area (TPSA) is 73.7 Å². The van der Waals surface area contributed by atoms with Crippen LogP contribution in [-0.4, -0.2) is 41.4 Å². The second-order valence-corrected chi connectivity index (χ2v) is 3.70. The summed E-state index contributed by atoms with van der Waals surface area (Å²) >= 11 is 0. The number of rotatable bonds is 2. The Morgan fingerprint density at radius 1 is 1.73 bits per heavy atom. The second kappa shape index (κ2) is 3.51. The van der Waals surface area contributed by atoms with E-state index in [-0.39, 0.29) is 18.1 Å². The van der Waals surface area contributed by atoms with E-state index >= 15 is 0 Å². The van der Waals surface area contributed by atoms with Gasteiger partial charge in [0, 0.05) is 31.3 Å². The normalized spacial score (nSPS) is 19.1. The highest BCUT2D eigenvalue weighted by Gasteiger charge is 2.27. The van der Waals surface area contributed by atoms with Gasteiger partial charge in [-0.2, -0.15) is 0 Å². The largest absolute Gasteiger partial charge is 0.478 e. The lowest BCUT2D eigenvalue weighted by atomic mass is 10.0. The summed E-state index contributed by atoms with van der Waals surface area (Å²) in [6.45, 7) is 0.698. The monoisotopic (exact) mass is 208 g/mol. The van der Waals surface area contributed by atoms with Crippen LogP contribution in [-0.2, 0) is 0 Å². The molecular weight excluding hydrogens is 196 g/mol. The second-order valence-electron chi connectivity index (χ2n) is 3.70. The minimum Gasteiger partial charge on any atom is -0.478 e. The summed E-state index contributed by atoms with van der Waals surface area (Å²) in [4.78, 5) is 16.8. The standard InChI is InChI=1S/C10H12N2O3/c1-12-4-7(5-13)8-2-6(10(14)15)3-11-9(8)12/h2-3,7,13H,4-5H2,1H3,(H,14,15). The maximum absolute atomic E-state index is 10.8. The molecule has 5 heteroatoms. The summed E-state index contributed by atoms with van der Waals surface area (Å²) < 4.78 is 0. The molecule has 1 unspecified atom stereocenters. The van der Waals surface area contributed by atoms with Crippen LogP contribution in [0.2, 0.25) is 0 Å². The van der Waals surface area contributed by atoms with Gasteiger partial charge in [0.05, 0.1) is 12.2 Å². The smallest absolute Gasteiger partial charge is 0.337 e. The van der Waals surface area contributed by atoms with Crippen molar-refractivity contribution >= 4 is 11.8 Å². The van der Waals surface area contributed by atoms with Crippen LogP contribution in [0.5, 0.6) is 0 Å². The number of pyridine rings is 1. The molecule has 80 valence electrons. The average molecular weight is 208 g/mol.